The number of fused-ring (bicyclic) bond motifs is 6. The van der Waals surface area contributed by atoms with Gasteiger partial charge in [-0.15, -0.1) is 0 Å². The van der Waals surface area contributed by atoms with E-state index in [0.717, 1.165) is 91.2 Å². The molecule has 0 aliphatic carbocycles. The fourth-order valence-electron chi connectivity index (χ4n) is 10.7. The number of imidazole rings is 3. The molecule has 3 aromatic carbocycles. The van der Waals surface area contributed by atoms with Gasteiger partial charge in [-0.1, -0.05) is 37.4 Å². The van der Waals surface area contributed by atoms with Crippen LogP contribution in [0.1, 0.15) is 102 Å². The Hall–Kier alpha value is -4.22. The van der Waals surface area contributed by atoms with Crippen LogP contribution < -0.4 is 132 Å². The van der Waals surface area contributed by atoms with Gasteiger partial charge in [0.15, 0.2) is 67.3 Å². The van der Waals surface area contributed by atoms with E-state index in [2.05, 4.69) is 130 Å². The van der Waals surface area contributed by atoms with Gasteiger partial charge in [-0.3, -0.25) is 0 Å². The van der Waals surface area contributed by atoms with Crippen molar-refractivity contribution in [3.8, 4) is 34.5 Å². The van der Waals surface area contributed by atoms with Gasteiger partial charge >= 0.3 is 248 Å². The SMILES string of the molecule is CC(C)N(CCCn1c(Sc2cc3c(c[c]2[Sn]([CH3])([CH3])[CH3])OCO3)nc2c(N)ncnc21)C(=O)OC(C)(C)C.CC(C)N(CCCn1c(Sc2cc3c(cc2[124I])OCO3)nc2c(N)ncnc21)C(=O)OC(C)(C)C.CC(C)NCCCn1c(Sc2cc3c(cc2[124I])OCO3)nc2c(N)ncnc21.[124I-].[I-].[Na+]. The first-order valence-electron chi connectivity index (χ1n) is 33.1. The molecule has 0 saturated heterocycles. The summed E-state index contributed by atoms with van der Waals surface area (Å²) in [6.45, 7) is 28.1. The number of benzene rings is 3. The molecule has 9 aromatic rings. The number of carbonyl (C=O) groups is 2. The fraction of sp³-hybridized carbons (Fsp3) is 0.478. The summed E-state index contributed by atoms with van der Waals surface area (Å²) in [5.41, 5.74) is 21.1. The average molecular weight is 2040 g/mol. The summed E-state index contributed by atoms with van der Waals surface area (Å²) in [5, 5.41) is 5.79. The minimum absolute atomic E-state index is 0. The maximum atomic E-state index is 12.8. The predicted molar refractivity (Wildman–Crippen MR) is 411 cm³/mol. The Balaban J connectivity index is 0.000000217. The van der Waals surface area contributed by atoms with Crippen molar-refractivity contribution < 1.29 is 125 Å². The Bertz CT molecular complexity index is 4480. The average Bonchev–Trinajstić information content (AvgIpc) is 1.64. The van der Waals surface area contributed by atoms with Gasteiger partial charge in [0.05, 0.1) is 0 Å². The zero-order chi connectivity index (χ0) is 72.8. The van der Waals surface area contributed by atoms with Crippen LogP contribution in [0, 0.1) is 7.14 Å². The van der Waals surface area contributed by atoms with Crippen molar-refractivity contribution in [2.75, 3.05) is 57.2 Å². The first-order valence-corrected chi connectivity index (χ1v) is 47.7. The number of amides is 2. The van der Waals surface area contributed by atoms with Gasteiger partial charge < -0.3 is 102 Å². The van der Waals surface area contributed by atoms with E-state index < -0.39 is 29.6 Å². The van der Waals surface area contributed by atoms with Crippen LogP contribution in [-0.4, -0.2) is 168 Å². The summed E-state index contributed by atoms with van der Waals surface area (Å²) >= 11 is 6.69. The summed E-state index contributed by atoms with van der Waals surface area (Å²) in [6, 6.07) is 12.6. The number of nitrogens with zero attached hydrogens (tertiary/aromatic N) is 14. The van der Waals surface area contributed by atoms with E-state index in [0.29, 0.717) is 96.1 Å². The van der Waals surface area contributed by atoms with Crippen LogP contribution in [0.2, 0.25) is 14.8 Å². The number of ether oxygens (including phenoxy) is 8. The Kier molecular flexibility index (Phi) is 31.7. The third-order valence-corrected chi connectivity index (χ3v) is 27.5. The van der Waals surface area contributed by atoms with Crippen molar-refractivity contribution in [3.63, 3.8) is 0 Å². The normalized spacial score (nSPS) is 12.8. The molecule has 0 radical (unpaired) electrons. The topological polar surface area (TPSA) is 335 Å². The van der Waals surface area contributed by atoms with Crippen LogP contribution in [-0.2, 0) is 29.1 Å². The Morgan fingerprint density at radius 2 is 0.856 bits per heavy atom. The summed E-state index contributed by atoms with van der Waals surface area (Å²) < 4.78 is 54.2. The second kappa shape index (κ2) is 37.9. The van der Waals surface area contributed by atoms with Gasteiger partial charge in [0.25, 0.3) is 0 Å². The zero-order valence-corrected chi connectivity index (χ0v) is 77.2. The first kappa shape index (κ1) is 87.0. The van der Waals surface area contributed by atoms with Crippen LogP contribution in [0.3, 0.4) is 0 Å². The number of nitrogens with two attached hydrogens (primary N) is 3. The van der Waals surface area contributed by atoms with Gasteiger partial charge in [0.2, 0.25) is 13.6 Å². The molecule has 0 atom stereocenters. The smallest absolute Gasteiger partial charge is 1.00 e. The summed E-state index contributed by atoms with van der Waals surface area (Å²) in [5.74, 6) is 5.59. The molecule has 0 spiro atoms. The third kappa shape index (κ3) is 22.3. The molecular weight excluding hydrogens is 1950 g/mol. The van der Waals surface area contributed by atoms with E-state index in [1.165, 1.54) is 34.3 Å². The molecule has 28 nitrogen and oxygen atoms in total. The minimum atomic E-state index is -2.55. The maximum absolute atomic E-state index is 12.8. The van der Waals surface area contributed by atoms with Gasteiger partial charge in [-0.05, 0) is 144 Å². The number of anilines is 3. The van der Waals surface area contributed by atoms with E-state index in [1.54, 1.807) is 33.3 Å². The van der Waals surface area contributed by atoms with E-state index in [1.807, 2.05) is 98.1 Å². The number of hydrogen-bond acceptors (Lipinski definition) is 26. The number of nitrogens with one attached hydrogen (secondary N) is 1. The fourth-order valence-corrected chi connectivity index (χ4v) is 21.5. The van der Waals surface area contributed by atoms with Gasteiger partial charge in [-0.25, -0.2) is 34.7 Å². The van der Waals surface area contributed by atoms with Gasteiger partial charge in [0, 0.05) is 48.6 Å². The second-order valence-corrected chi connectivity index (χ2v) is 47.4. The number of halogens is 4. The van der Waals surface area contributed by atoms with E-state index in [4.69, 9.17) is 70.0 Å². The third-order valence-electron chi connectivity index (χ3n) is 15.5. The van der Waals surface area contributed by atoms with Crippen molar-refractivity contribution in [1.29, 1.82) is 0 Å². The molecule has 6 aromatic heterocycles. The molecule has 9 heterocycles. The molecule has 37 heteroatoms. The molecule has 0 fully saturated rings. The molecule has 3 aliphatic rings. The molecular formula is C67H88I4N18NaO10S3Sn-. The van der Waals surface area contributed by atoms with E-state index in [9.17, 15) is 9.59 Å². The number of rotatable bonds is 22. The Morgan fingerprint density at radius 1 is 0.538 bits per heavy atom. The predicted octanol–water partition coefficient (Wildman–Crippen LogP) is 4.09. The van der Waals surface area contributed by atoms with Crippen molar-refractivity contribution in [1.82, 2.24) is 73.7 Å². The monoisotopic (exact) mass is 2040 g/mol. The molecule has 3 aliphatic heterocycles. The van der Waals surface area contributed by atoms with Crippen molar-refractivity contribution in [2.24, 2.45) is 0 Å². The number of aryl methyl sites for hydroxylation is 3. The Labute approximate surface area is 706 Å². The standard InChI is InChI=1S/C23H29IN6O4S.C23H29N6O4S.C18H21IN6O2S.3CH3.2HI.Na.Sn/c1-13(2)29(22(31)34-23(3,4)5)7-6-8-30-20-18(19(25)26-11-27-20)28-21(30)35-17-10-16-15(9-14(17)24)32-12-33-16;1-14(2)28(22(30)33-23(3,4)5)9-6-10-29-20-18(19(24)25-12-26-20)27-21(29)34-15-7-8-16-17(11-15)32-13-31-16;1-10(2)21-4-3-5-25-17-15(16(20)22-8-23-17)24-18(25)28-14-7-13-12(6-11(14)19)26-9-27-13;;;;;;;/h9-11,13H,6-8,12H2,1-5H3,(H2,25,26,27);8,11-12,14H,6,9-10,13H2,1-5H3,(H2,24,25,26);6-8,10,21H,3-5,9H2,1-2H3,(H2,20,22,23);3*1H3;2*1H;;/q;;;;;;;;+1;/p-2/i24-3;;19-3;;;;1-3;;;. The number of carbonyl (C=O) groups excluding carboxylic acids is 2. The molecule has 7 N–H and O–H groups in total. The number of hydrogen-bond donors (Lipinski definition) is 4. The number of aromatic nitrogens is 12. The molecule has 0 unspecified atom stereocenters. The summed E-state index contributed by atoms with van der Waals surface area (Å²) in [7, 11) is 0. The van der Waals surface area contributed by atoms with E-state index in [-0.39, 0.29) is 122 Å². The molecule has 558 valence electrons. The molecule has 12 rings (SSSR count). The molecule has 0 saturated carbocycles. The molecule has 2 amide bonds. The van der Waals surface area contributed by atoms with Gasteiger partial charge in [-0.2, -0.15) is 0 Å². The molecule has 104 heavy (non-hydrogen) atoms. The molecule has 0 bridgehead atoms. The van der Waals surface area contributed by atoms with Crippen LogP contribution >= 0.6 is 80.5 Å². The van der Waals surface area contributed by atoms with Gasteiger partial charge in [0.1, 0.15) is 18.3 Å². The second-order valence-electron chi connectivity index (χ2n) is 27.7. The van der Waals surface area contributed by atoms with Crippen LogP contribution in [0.5, 0.6) is 34.5 Å². The minimum Gasteiger partial charge on any atom is -1.00 e. The van der Waals surface area contributed by atoms with Crippen molar-refractivity contribution in [3.05, 3.63) is 62.5 Å². The van der Waals surface area contributed by atoms with Crippen molar-refractivity contribution in [2.45, 2.75) is 196 Å². The van der Waals surface area contributed by atoms with E-state index >= 15 is 0 Å². The van der Waals surface area contributed by atoms with Crippen LogP contribution in [0.15, 0.2) is 85.5 Å². The quantitative estimate of drug-likeness (QED) is 0.0422. The van der Waals surface area contributed by atoms with Crippen molar-refractivity contribution >= 4 is 166 Å². The first-order chi connectivity index (χ1) is 47.8. The summed E-state index contributed by atoms with van der Waals surface area (Å²) in [6.07, 6.45) is 6.08. The van der Waals surface area contributed by atoms with Crippen LogP contribution in [0.25, 0.3) is 33.5 Å². The Morgan fingerprint density at radius 3 is 1.18 bits per heavy atom. The zero-order valence-electron chi connectivity index (χ0n) is 61.2. The number of nitrogen functional groups attached to an aromatic ring is 3. The van der Waals surface area contributed by atoms with Crippen LogP contribution in [0.4, 0.5) is 27.0 Å². The summed E-state index contributed by atoms with van der Waals surface area (Å²) in [4.78, 5) is 79.3.